The molecule has 0 fully saturated rings. The van der Waals surface area contributed by atoms with Gasteiger partial charge in [0.05, 0.1) is 17.1 Å². The summed E-state index contributed by atoms with van der Waals surface area (Å²) in [5.41, 5.74) is 2.08. The number of aromatic nitrogens is 2. The number of hydrogen-bond donors (Lipinski definition) is 2. The van der Waals surface area contributed by atoms with Crippen molar-refractivity contribution in [1.82, 2.24) is 19.8 Å². The zero-order valence-electron chi connectivity index (χ0n) is 19.1. The van der Waals surface area contributed by atoms with Gasteiger partial charge in [0.1, 0.15) is 5.69 Å². The summed E-state index contributed by atoms with van der Waals surface area (Å²) in [7, 11) is -4.10. The fourth-order valence-electron chi connectivity index (χ4n) is 4.10. The number of alkyl halides is 2. The molecule has 196 valence electrons. The van der Waals surface area contributed by atoms with Gasteiger partial charge in [-0.1, -0.05) is 46.9 Å². The standard InChI is InChI=1S/C24H21Cl3F2N4O3S/c25-16-6-8-18(9-7-16)37(35,36)32-24(34)30-11-10-14-2-1-3-19-21(23(28)29)31-33(22(14)19)13-15-4-5-17(26)12-20(15)27/h4-10,12,23H,1-3,11,13H2,(H2,30,32,34). The van der Waals surface area contributed by atoms with E-state index in [2.05, 4.69) is 10.4 Å². The van der Waals surface area contributed by atoms with E-state index in [-0.39, 0.29) is 23.7 Å². The number of urea groups is 1. The SMILES string of the molecule is O=C(NCC=C1CCCc2c(C(F)F)nn(Cc3ccc(Cl)cc3Cl)c21)NS(=O)(=O)c1ccc(Cl)cc1. The first kappa shape index (κ1) is 27.4. The predicted molar refractivity (Wildman–Crippen MR) is 139 cm³/mol. The fraction of sp³-hybridized carbons (Fsp3) is 0.250. The Morgan fingerprint density at radius 1 is 1.08 bits per heavy atom. The summed E-state index contributed by atoms with van der Waals surface area (Å²) in [5.74, 6) is 0. The van der Waals surface area contributed by atoms with Crippen molar-refractivity contribution in [2.24, 2.45) is 0 Å². The maximum Gasteiger partial charge on any atom is 0.328 e. The van der Waals surface area contributed by atoms with E-state index in [9.17, 15) is 22.0 Å². The molecule has 0 radical (unpaired) electrons. The molecule has 4 rings (SSSR count). The number of sulfonamides is 1. The fourth-order valence-corrected chi connectivity index (χ4v) is 5.62. The molecular weight excluding hydrogens is 569 g/mol. The first-order chi connectivity index (χ1) is 17.5. The molecule has 2 N–H and O–H groups in total. The lowest BCUT2D eigenvalue weighted by Crippen LogP contribution is -2.39. The topological polar surface area (TPSA) is 93.1 Å². The molecule has 1 heterocycles. The highest BCUT2D eigenvalue weighted by Crippen LogP contribution is 2.37. The zero-order chi connectivity index (χ0) is 26.7. The monoisotopic (exact) mass is 588 g/mol. The van der Waals surface area contributed by atoms with Crippen LogP contribution < -0.4 is 10.0 Å². The quantitative estimate of drug-likeness (QED) is 0.341. The summed E-state index contributed by atoms with van der Waals surface area (Å²) in [6, 6.07) is 9.35. The molecule has 0 spiro atoms. The van der Waals surface area contributed by atoms with Crippen molar-refractivity contribution in [2.45, 2.75) is 37.1 Å². The Morgan fingerprint density at radius 2 is 1.78 bits per heavy atom. The van der Waals surface area contributed by atoms with Gasteiger partial charge in [-0.25, -0.2) is 26.7 Å². The Hall–Kier alpha value is -2.66. The second kappa shape index (κ2) is 11.4. The van der Waals surface area contributed by atoms with E-state index in [4.69, 9.17) is 34.8 Å². The molecule has 1 aromatic heterocycles. The lowest BCUT2D eigenvalue weighted by atomic mass is 9.90. The number of benzene rings is 2. The first-order valence-corrected chi connectivity index (χ1v) is 13.7. The number of nitrogens with zero attached hydrogens (tertiary/aromatic N) is 2. The summed E-state index contributed by atoms with van der Waals surface area (Å²) >= 11 is 18.0. The zero-order valence-corrected chi connectivity index (χ0v) is 22.2. The van der Waals surface area contributed by atoms with Crippen LogP contribution in [0.3, 0.4) is 0 Å². The highest BCUT2D eigenvalue weighted by atomic mass is 35.5. The van der Waals surface area contributed by atoms with Crippen LogP contribution in [0.5, 0.6) is 0 Å². The normalized spacial score (nSPS) is 14.6. The van der Waals surface area contributed by atoms with Crippen molar-refractivity contribution in [3.63, 3.8) is 0 Å². The van der Waals surface area contributed by atoms with Crippen molar-refractivity contribution >= 4 is 56.4 Å². The lowest BCUT2D eigenvalue weighted by molar-refractivity contribution is 0.144. The second-order valence-corrected chi connectivity index (χ2v) is 11.2. The smallest absolute Gasteiger partial charge is 0.328 e. The van der Waals surface area contributed by atoms with Gasteiger partial charge in [-0.2, -0.15) is 5.10 Å². The summed E-state index contributed by atoms with van der Waals surface area (Å²) in [4.78, 5) is 12.1. The van der Waals surface area contributed by atoms with Crippen LogP contribution in [0.25, 0.3) is 5.57 Å². The third-order valence-corrected chi connectivity index (χ3v) is 7.95. The van der Waals surface area contributed by atoms with Crippen LogP contribution >= 0.6 is 34.8 Å². The van der Waals surface area contributed by atoms with Gasteiger partial charge in [0, 0.05) is 27.2 Å². The molecule has 3 aromatic rings. The molecule has 0 bridgehead atoms. The Bertz CT molecular complexity index is 1460. The summed E-state index contributed by atoms with van der Waals surface area (Å²) in [6.07, 6.45) is 0.555. The van der Waals surface area contributed by atoms with Gasteiger partial charge in [-0.15, -0.1) is 0 Å². The summed E-state index contributed by atoms with van der Waals surface area (Å²) in [6.45, 7) is 0.114. The van der Waals surface area contributed by atoms with Crippen LogP contribution in [-0.4, -0.2) is 30.8 Å². The molecule has 37 heavy (non-hydrogen) atoms. The van der Waals surface area contributed by atoms with Crippen molar-refractivity contribution in [1.29, 1.82) is 0 Å². The van der Waals surface area contributed by atoms with Gasteiger partial charge in [0.15, 0.2) is 0 Å². The third-order valence-electron chi connectivity index (χ3n) is 5.76. The Labute approximate surface area is 227 Å². The number of carbonyl (C=O) groups is 1. The molecule has 0 atom stereocenters. The van der Waals surface area contributed by atoms with Crippen molar-refractivity contribution in [3.8, 4) is 0 Å². The second-order valence-electron chi connectivity index (χ2n) is 8.26. The van der Waals surface area contributed by atoms with Gasteiger partial charge in [-0.3, -0.25) is 4.68 Å². The Balaban J connectivity index is 1.53. The van der Waals surface area contributed by atoms with Crippen LogP contribution in [-0.2, 0) is 23.0 Å². The predicted octanol–water partition coefficient (Wildman–Crippen LogP) is 6.24. The van der Waals surface area contributed by atoms with Crippen molar-refractivity contribution in [3.05, 3.63) is 86.1 Å². The summed E-state index contributed by atoms with van der Waals surface area (Å²) < 4.78 is 55.7. The number of hydrogen-bond acceptors (Lipinski definition) is 4. The number of allylic oxidation sites excluding steroid dienone is 1. The van der Waals surface area contributed by atoms with Gasteiger partial charge in [-0.05, 0) is 66.8 Å². The van der Waals surface area contributed by atoms with E-state index in [0.29, 0.717) is 56.7 Å². The molecule has 1 aliphatic carbocycles. The van der Waals surface area contributed by atoms with E-state index < -0.39 is 22.5 Å². The van der Waals surface area contributed by atoms with Crippen molar-refractivity contribution < 1.29 is 22.0 Å². The average Bonchev–Trinajstić information content (AvgIpc) is 3.20. The van der Waals surface area contributed by atoms with E-state index in [0.717, 1.165) is 0 Å². The molecule has 7 nitrogen and oxygen atoms in total. The molecule has 0 saturated heterocycles. The van der Waals surface area contributed by atoms with E-state index in [1.807, 2.05) is 4.72 Å². The number of rotatable bonds is 7. The highest BCUT2D eigenvalue weighted by Gasteiger charge is 2.28. The maximum absolute atomic E-state index is 13.8. The van der Waals surface area contributed by atoms with E-state index >= 15 is 0 Å². The lowest BCUT2D eigenvalue weighted by Gasteiger charge is -2.19. The largest absolute Gasteiger partial charge is 0.334 e. The van der Waals surface area contributed by atoms with Crippen LogP contribution in [0.4, 0.5) is 13.6 Å². The molecular formula is C24H21Cl3F2N4O3S. The maximum atomic E-state index is 13.8. The van der Waals surface area contributed by atoms with Crippen molar-refractivity contribution in [2.75, 3.05) is 6.54 Å². The van der Waals surface area contributed by atoms with Gasteiger partial charge >= 0.3 is 6.03 Å². The number of halogens is 5. The first-order valence-electron chi connectivity index (χ1n) is 11.1. The number of nitrogens with one attached hydrogen (secondary N) is 2. The van der Waals surface area contributed by atoms with Crippen LogP contribution in [0.15, 0.2) is 53.4 Å². The molecule has 0 saturated carbocycles. The van der Waals surface area contributed by atoms with Gasteiger partial charge < -0.3 is 5.32 Å². The third kappa shape index (κ3) is 6.43. The minimum Gasteiger partial charge on any atom is -0.334 e. The van der Waals surface area contributed by atoms with Crippen LogP contribution in [0, 0.1) is 0 Å². The average molecular weight is 590 g/mol. The Kier molecular flexibility index (Phi) is 8.42. The van der Waals surface area contributed by atoms with Gasteiger partial charge in [0.25, 0.3) is 16.4 Å². The Morgan fingerprint density at radius 3 is 2.46 bits per heavy atom. The number of fused-ring (bicyclic) bond motifs is 1. The van der Waals surface area contributed by atoms with Crippen LogP contribution in [0.1, 0.15) is 41.8 Å². The molecule has 13 heteroatoms. The minimum atomic E-state index is -4.10. The molecule has 2 amide bonds. The van der Waals surface area contributed by atoms with Crippen LogP contribution in [0.2, 0.25) is 15.1 Å². The van der Waals surface area contributed by atoms with Gasteiger partial charge in [0.2, 0.25) is 0 Å². The molecule has 2 aromatic carbocycles. The highest BCUT2D eigenvalue weighted by molar-refractivity contribution is 7.90. The minimum absolute atomic E-state index is 0.0341. The molecule has 0 unspecified atom stereocenters. The molecule has 0 aliphatic heterocycles. The van der Waals surface area contributed by atoms with E-state index in [1.165, 1.54) is 28.9 Å². The number of carbonyl (C=O) groups excluding carboxylic acids is 1. The summed E-state index contributed by atoms with van der Waals surface area (Å²) in [5, 5.41) is 7.84. The number of amides is 2. The van der Waals surface area contributed by atoms with E-state index in [1.54, 1.807) is 24.3 Å². The molecule has 1 aliphatic rings.